The first kappa shape index (κ1) is 16.1. The quantitative estimate of drug-likeness (QED) is 0.768. The van der Waals surface area contributed by atoms with E-state index < -0.39 is 5.60 Å². The second-order valence-corrected chi connectivity index (χ2v) is 6.90. The highest BCUT2D eigenvalue weighted by molar-refractivity contribution is 9.10. The molecule has 0 unspecified atom stereocenters. The summed E-state index contributed by atoms with van der Waals surface area (Å²) in [5.41, 5.74) is 0.467. The van der Waals surface area contributed by atoms with Crippen molar-refractivity contribution in [3.05, 3.63) is 28.5 Å². The Morgan fingerprint density at radius 2 is 1.86 bits per heavy atom. The molecule has 0 atom stereocenters. The minimum absolute atomic E-state index is 0.266. The molecule has 6 heteroatoms. The van der Waals surface area contributed by atoms with Crippen molar-refractivity contribution in [2.75, 3.05) is 31.1 Å². The van der Waals surface area contributed by atoms with Gasteiger partial charge < -0.3 is 14.5 Å². The van der Waals surface area contributed by atoms with Crippen molar-refractivity contribution < 1.29 is 13.9 Å². The molecule has 1 amide bonds. The molecule has 1 aromatic carbocycles. The highest BCUT2D eigenvalue weighted by Gasteiger charge is 2.26. The number of carbonyl (C=O) groups excluding carboxylic acids is 1. The van der Waals surface area contributed by atoms with Crippen LogP contribution in [0.3, 0.4) is 0 Å². The third-order valence-corrected chi connectivity index (χ3v) is 3.82. The lowest BCUT2D eigenvalue weighted by atomic mass is 10.2. The summed E-state index contributed by atoms with van der Waals surface area (Å²) in [6, 6.07) is 4.65. The molecule has 116 valence electrons. The van der Waals surface area contributed by atoms with Crippen LogP contribution in [0.2, 0.25) is 0 Å². The summed E-state index contributed by atoms with van der Waals surface area (Å²) >= 11 is 3.38. The number of anilines is 1. The molecule has 0 aromatic heterocycles. The van der Waals surface area contributed by atoms with E-state index in [9.17, 15) is 9.18 Å². The molecule has 1 aliphatic rings. The van der Waals surface area contributed by atoms with E-state index in [4.69, 9.17) is 4.74 Å². The van der Waals surface area contributed by atoms with Crippen LogP contribution in [0.25, 0.3) is 0 Å². The summed E-state index contributed by atoms with van der Waals surface area (Å²) in [5.74, 6) is -0.266. The summed E-state index contributed by atoms with van der Waals surface area (Å²) in [4.78, 5) is 15.8. The van der Waals surface area contributed by atoms with Crippen LogP contribution >= 0.6 is 15.9 Å². The van der Waals surface area contributed by atoms with Crippen molar-refractivity contribution in [1.82, 2.24) is 4.90 Å². The summed E-state index contributed by atoms with van der Waals surface area (Å²) < 4.78 is 19.2. The molecule has 0 spiro atoms. The van der Waals surface area contributed by atoms with Crippen LogP contribution < -0.4 is 4.90 Å². The first-order valence-electron chi connectivity index (χ1n) is 6.94. The van der Waals surface area contributed by atoms with Crippen molar-refractivity contribution in [2.45, 2.75) is 26.4 Å². The van der Waals surface area contributed by atoms with E-state index in [1.54, 1.807) is 11.0 Å². The minimum atomic E-state index is -0.478. The number of nitrogens with zero attached hydrogens (tertiary/aromatic N) is 2. The molecular weight excluding hydrogens is 339 g/mol. The molecule has 1 aromatic rings. The molecule has 0 N–H and O–H groups in total. The predicted molar refractivity (Wildman–Crippen MR) is 84.1 cm³/mol. The number of ether oxygens (including phenoxy) is 1. The zero-order valence-corrected chi connectivity index (χ0v) is 14.1. The van der Waals surface area contributed by atoms with Gasteiger partial charge in [-0.05, 0) is 54.9 Å². The van der Waals surface area contributed by atoms with Crippen LogP contribution in [0, 0.1) is 5.82 Å². The van der Waals surface area contributed by atoms with Crippen molar-refractivity contribution in [3.63, 3.8) is 0 Å². The van der Waals surface area contributed by atoms with Gasteiger partial charge >= 0.3 is 6.09 Å². The fourth-order valence-corrected chi connectivity index (χ4v) is 2.80. The summed E-state index contributed by atoms with van der Waals surface area (Å²) in [6.45, 7) is 8.16. The number of hydrogen-bond acceptors (Lipinski definition) is 3. The Bertz CT molecular complexity index is 523. The van der Waals surface area contributed by atoms with Crippen molar-refractivity contribution >= 4 is 27.7 Å². The molecule has 21 heavy (non-hydrogen) atoms. The van der Waals surface area contributed by atoms with Crippen molar-refractivity contribution in [2.24, 2.45) is 0 Å². The van der Waals surface area contributed by atoms with Gasteiger partial charge in [0.25, 0.3) is 0 Å². The molecule has 0 radical (unpaired) electrons. The number of piperazine rings is 1. The molecule has 2 rings (SSSR count). The van der Waals surface area contributed by atoms with E-state index >= 15 is 0 Å². The topological polar surface area (TPSA) is 32.8 Å². The highest BCUT2D eigenvalue weighted by atomic mass is 79.9. The Morgan fingerprint density at radius 1 is 1.24 bits per heavy atom. The molecular formula is C15H20BrFN2O2. The lowest BCUT2D eigenvalue weighted by molar-refractivity contribution is 0.0240. The molecule has 1 aliphatic heterocycles. The van der Waals surface area contributed by atoms with E-state index in [-0.39, 0.29) is 11.9 Å². The first-order valence-corrected chi connectivity index (χ1v) is 7.73. The number of carbonyl (C=O) groups is 1. The van der Waals surface area contributed by atoms with E-state index in [1.807, 2.05) is 20.8 Å². The van der Waals surface area contributed by atoms with Gasteiger partial charge in [-0.2, -0.15) is 0 Å². The Morgan fingerprint density at radius 3 is 2.38 bits per heavy atom. The third-order valence-electron chi connectivity index (χ3n) is 3.18. The maximum absolute atomic E-state index is 13.1. The van der Waals surface area contributed by atoms with E-state index in [0.717, 1.165) is 10.2 Å². The predicted octanol–water partition coefficient (Wildman–Crippen LogP) is 3.65. The van der Waals surface area contributed by atoms with Gasteiger partial charge in [-0.15, -0.1) is 0 Å². The normalized spacial score (nSPS) is 16.0. The Labute approximate surface area is 133 Å². The highest BCUT2D eigenvalue weighted by Crippen LogP contribution is 2.28. The van der Waals surface area contributed by atoms with Crippen molar-refractivity contribution in [1.29, 1.82) is 0 Å². The number of hydrogen-bond donors (Lipinski definition) is 0. The van der Waals surface area contributed by atoms with Gasteiger partial charge in [-0.1, -0.05) is 0 Å². The molecule has 4 nitrogen and oxygen atoms in total. The van der Waals surface area contributed by atoms with E-state index in [0.29, 0.717) is 26.2 Å². The average Bonchev–Trinajstić information content (AvgIpc) is 2.37. The van der Waals surface area contributed by atoms with Gasteiger partial charge in [0.1, 0.15) is 11.4 Å². The van der Waals surface area contributed by atoms with Crippen LogP contribution in [0.1, 0.15) is 20.8 Å². The standard InChI is InChI=1S/C15H20BrFN2O2/c1-15(2,3)21-14(20)19-8-6-18(7-9-19)13-5-4-11(17)10-12(13)16/h4-5,10H,6-9H2,1-3H3. The Hall–Kier alpha value is -1.30. The van der Waals surface area contributed by atoms with Crippen LogP contribution in [-0.4, -0.2) is 42.8 Å². The number of halogens is 2. The number of amides is 1. The van der Waals surface area contributed by atoms with Crippen LogP contribution in [0.15, 0.2) is 22.7 Å². The SMILES string of the molecule is CC(C)(C)OC(=O)N1CCN(c2ccc(F)cc2Br)CC1. The van der Waals surface area contributed by atoms with Crippen LogP contribution in [0.4, 0.5) is 14.9 Å². The molecule has 0 aliphatic carbocycles. The van der Waals surface area contributed by atoms with Crippen LogP contribution in [0.5, 0.6) is 0 Å². The van der Waals surface area contributed by atoms with Gasteiger partial charge in [0.05, 0.1) is 5.69 Å². The lowest BCUT2D eigenvalue weighted by Gasteiger charge is -2.37. The summed E-state index contributed by atoms with van der Waals surface area (Å²) in [6.07, 6.45) is -0.277. The molecule has 1 saturated heterocycles. The molecule has 0 saturated carbocycles. The minimum Gasteiger partial charge on any atom is -0.444 e. The summed E-state index contributed by atoms with van der Waals surface area (Å²) in [5, 5.41) is 0. The summed E-state index contributed by atoms with van der Waals surface area (Å²) in [7, 11) is 0. The van der Waals surface area contributed by atoms with Gasteiger partial charge in [-0.3, -0.25) is 0 Å². The lowest BCUT2D eigenvalue weighted by Crippen LogP contribution is -2.50. The van der Waals surface area contributed by atoms with Crippen molar-refractivity contribution in [3.8, 4) is 0 Å². The van der Waals surface area contributed by atoms with Gasteiger partial charge in [0, 0.05) is 30.7 Å². The monoisotopic (exact) mass is 358 g/mol. The van der Waals surface area contributed by atoms with E-state index in [2.05, 4.69) is 20.8 Å². The van der Waals surface area contributed by atoms with Gasteiger partial charge in [-0.25, -0.2) is 9.18 Å². The van der Waals surface area contributed by atoms with Crippen LogP contribution in [-0.2, 0) is 4.74 Å². The number of benzene rings is 1. The molecule has 0 bridgehead atoms. The maximum Gasteiger partial charge on any atom is 0.410 e. The maximum atomic E-state index is 13.1. The second-order valence-electron chi connectivity index (χ2n) is 6.05. The zero-order chi connectivity index (χ0) is 15.6. The molecule has 1 fully saturated rings. The Kier molecular flexibility index (Phi) is 4.76. The van der Waals surface area contributed by atoms with Gasteiger partial charge in [0.15, 0.2) is 0 Å². The largest absolute Gasteiger partial charge is 0.444 e. The third kappa shape index (κ3) is 4.33. The Balaban J connectivity index is 1.95. The number of rotatable bonds is 1. The second kappa shape index (κ2) is 6.22. The van der Waals surface area contributed by atoms with E-state index in [1.165, 1.54) is 12.1 Å². The smallest absolute Gasteiger partial charge is 0.410 e. The first-order chi connectivity index (χ1) is 9.76. The average molecular weight is 359 g/mol. The fourth-order valence-electron chi connectivity index (χ4n) is 2.19. The zero-order valence-electron chi connectivity index (χ0n) is 12.5. The fraction of sp³-hybridized carbons (Fsp3) is 0.533. The van der Waals surface area contributed by atoms with Gasteiger partial charge in [0.2, 0.25) is 0 Å². The molecule has 1 heterocycles.